The van der Waals surface area contributed by atoms with Gasteiger partial charge in [-0.1, -0.05) is 12.1 Å². The number of hydrogen-bond donors (Lipinski definition) is 3. The van der Waals surface area contributed by atoms with E-state index in [1.54, 1.807) is 6.20 Å². The second kappa shape index (κ2) is 7.27. The van der Waals surface area contributed by atoms with Crippen LogP contribution >= 0.6 is 0 Å². The number of H-pyrrole nitrogens is 1. The number of nitrogens with one attached hydrogen (secondary N) is 2. The Kier molecular flexibility index (Phi) is 4.90. The molecule has 1 aromatic carbocycles. The van der Waals surface area contributed by atoms with Gasteiger partial charge in [0, 0.05) is 18.4 Å². The molecule has 7 nitrogen and oxygen atoms in total. The third-order valence-electron chi connectivity index (χ3n) is 4.29. The number of carboxylic acid groups (broad SMARTS) is 1. The minimum absolute atomic E-state index is 0.205. The number of aromatic amines is 1. The fourth-order valence-corrected chi connectivity index (χ4v) is 2.92. The van der Waals surface area contributed by atoms with E-state index in [1.807, 2.05) is 24.3 Å². The van der Waals surface area contributed by atoms with Crippen molar-refractivity contribution in [2.75, 3.05) is 18.4 Å². The minimum Gasteiger partial charge on any atom is -0.481 e. The Morgan fingerprint density at radius 2 is 2.12 bits per heavy atom. The lowest BCUT2D eigenvalue weighted by atomic mass is 9.97. The average molecular weight is 328 g/mol. The van der Waals surface area contributed by atoms with Crippen LogP contribution in [0.2, 0.25) is 0 Å². The molecule has 3 rings (SSSR count). The predicted octanol–water partition coefficient (Wildman–Crippen LogP) is 1.96. The Balaban J connectivity index is 1.58. The molecule has 1 aliphatic rings. The number of nitrogens with zero attached hydrogens (tertiary/aromatic N) is 2. The molecular formula is C17H20N4O3. The lowest BCUT2D eigenvalue weighted by Crippen LogP contribution is -2.35. The van der Waals surface area contributed by atoms with E-state index in [4.69, 9.17) is 5.11 Å². The smallest absolute Gasteiger partial charge is 0.306 e. The number of carbonyl (C=O) groups excluding carboxylic acids is 1. The van der Waals surface area contributed by atoms with E-state index < -0.39 is 5.97 Å². The van der Waals surface area contributed by atoms with Gasteiger partial charge in [0.25, 0.3) is 5.91 Å². The first kappa shape index (κ1) is 16.2. The van der Waals surface area contributed by atoms with Crippen LogP contribution in [0.4, 0.5) is 5.69 Å². The number of benzene rings is 1. The number of hydrogen-bond acceptors (Lipinski definition) is 4. The zero-order valence-electron chi connectivity index (χ0n) is 13.2. The first-order valence-electron chi connectivity index (χ1n) is 7.96. The molecule has 0 spiro atoms. The van der Waals surface area contributed by atoms with Crippen molar-refractivity contribution in [3.63, 3.8) is 0 Å². The van der Waals surface area contributed by atoms with E-state index in [9.17, 15) is 9.59 Å². The molecule has 0 atom stereocenters. The van der Waals surface area contributed by atoms with Crippen LogP contribution in [0.15, 0.2) is 36.7 Å². The highest BCUT2D eigenvalue weighted by atomic mass is 16.4. The van der Waals surface area contributed by atoms with Gasteiger partial charge < -0.3 is 10.4 Å². The number of anilines is 1. The Labute approximate surface area is 139 Å². The molecule has 1 saturated heterocycles. The van der Waals surface area contributed by atoms with Crippen molar-refractivity contribution < 1.29 is 14.7 Å². The van der Waals surface area contributed by atoms with E-state index >= 15 is 0 Å². The molecule has 1 amide bonds. The molecule has 1 aromatic heterocycles. The number of piperidine rings is 1. The monoisotopic (exact) mass is 328 g/mol. The lowest BCUT2D eigenvalue weighted by molar-refractivity contribution is -0.143. The van der Waals surface area contributed by atoms with Crippen LogP contribution in [-0.2, 0) is 11.3 Å². The maximum absolute atomic E-state index is 12.0. The number of likely N-dealkylation sites (tertiary alicyclic amines) is 1. The molecular weight excluding hydrogens is 308 g/mol. The Bertz CT molecular complexity index is 706. The molecule has 0 radical (unpaired) electrons. The zero-order chi connectivity index (χ0) is 16.9. The summed E-state index contributed by atoms with van der Waals surface area (Å²) in [5, 5.41) is 18.3. The van der Waals surface area contributed by atoms with Crippen LogP contribution in [0, 0.1) is 5.92 Å². The number of amides is 1. The predicted molar refractivity (Wildman–Crippen MR) is 88.6 cm³/mol. The summed E-state index contributed by atoms with van der Waals surface area (Å²) in [5.41, 5.74) is 2.31. The second-order valence-electron chi connectivity index (χ2n) is 6.03. The van der Waals surface area contributed by atoms with Crippen molar-refractivity contribution in [1.29, 1.82) is 0 Å². The fraction of sp³-hybridized carbons (Fsp3) is 0.353. The summed E-state index contributed by atoms with van der Waals surface area (Å²) in [6.07, 6.45) is 4.40. The Morgan fingerprint density at radius 1 is 1.33 bits per heavy atom. The Hall–Kier alpha value is -2.67. The molecule has 0 saturated carbocycles. The number of aromatic nitrogens is 2. The molecule has 2 aromatic rings. The highest BCUT2D eigenvalue weighted by Gasteiger charge is 2.24. The fourth-order valence-electron chi connectivity index (χ4n) is 2.92. The maximum Gasteiger partial charge on any atom is 0.306 e. The molecule has 24 heavy (non-hydrogen) atoms. The van der Waals surface area contributed by atoms with Crippen LogP contribution < -0.4 is 5.32 Å². The van der Waals surface area contributed by atoms with E-state index in [2.05, 4.69) is 20.4 Å². The molecule has 0 bridgehead atoms. The maximum atomic E-state index is 12.0. The highest BCUT2D eigenvalue weighted by Crippen LogP contribution is 2.20. The first-order chi connectivity index (χ1) is 11.6. The normalized spacial score (nSPS) is 16.0. The van der Waals surface area contributed by atoms with Gasteiger partial charge in [-0.2, -0.15) is 5.10 Å². The summed E-state index contributed by atoms with van der Waals surface area (Å²) in [4.78, 5) is 25.3. The SMILES string of the molecule is O=C(Nc1cccc(CN2CCC(C(=O)O)CC2)c1)c1cn[nH]c1. The third kappa shape index (κ3) is 3.99. The van der Waals surface area contributed by atoms with E-state index in [-0.39, 0.29) is 11.8 Å². The van der Waals surface area contributed by atoms with E-state index in [1.165, 1.54) is 6.20 Å². The molecule has 126 valence electrons. The summed E-state index contributed by atoms with van der Waals surface area (Å²) in [5.74, 6) is -1.12. The molecule has 0 unspecified atom stereocenters. The van der Waals surface area contributed by atoms with Gasteiger partial charge in [0.15, 0.2) is 0 Å². The van der Waals surface area contributed by atoms with Crippen LogP contribution in [0.1, 0.15) is 28.8 Å². The molecule has 1 aliphatic heterocycles. The van der Waals surface area contributed by atoms with Gasteiger partial charge in [-0.25, -0.2) is 0 Å². The number of carbonyl (C=O) groups is 2. The van der Waals surface area contributed by atoms with Crippen LogP contribution in [0.25, 0.3) is 0 Å². The first-order valence-corrected chi connectivity index (χ1v) is 7.96. The van der Waals surface area contributed by atoms with Crippen LogP contribution in [0.3, 0.4) is 0 Å². The molecule has 0 aliphatic carbocycles. The van der Waals surface area contributed by atoms with Crippen molar-refractivity contribution in [3.8, 4) is 0 Å². The standard InChI is InChI=1S/C17H20N4O3/c22-16(14-9-18-19-10-14)20-15-3-1-2-12(8-15)11-21-6-4-13(5-7-21)17(23)24/h1-3,8-10,13H,4-7,11H2,(H,18,19)(H,20,22)(H,23,24). The van der Waals surface area contributed by atoms with Crippen molar-refractivity contribution in [2.24, 2.45) is 5.92 Å². The van der Waals surface area contributed by atoms with Crippen molar-refractivity contribution >= 4 is 17.6 Å². The molecule has 3 N–H and O–H groups in total. The zero-order valence-corrected chi connectivity index (χ0v) is 13.2. The van der Waals surface area contributed by atoms with Gasteiger partial charge in [0.05, 0.1) is 17.7 Å². The quantitative estimate of drug-likeness (QED) is 0.779. The largest absolute Gasteiger partial charge is 0.481 e. The molecule has 7 heteroatoms. The van der Waals surface area contributed by atoms with E-state index in [0.29, 0.717) is 18.4 Å². The number of rotatable bonds is 5. The van der Waals surface area contributed by atoms with Crippen molar-refractivity contribution in [2.45, 2.75) is 19.4 Å². The third-order valence-corrected chi connectivity index (χ3v) is 4.29. The second-order valence-corrected chi connectivity index (χ2v) is 6.03. The summed E-state index contributed by atoms with van der Waals surface area (Å²) in [7, 11) is 0. The highest BCUT2D eigenvalue weighted by molar-refractivity contribution is 6.03. The van der Waals surface area contributed by atoms with Gasteiger partial charge in [0.2, 0.25) is 0 Å². The summed E-state index contributed by atoms with van der Waals surface area (Å²) < 4.78 is 0. The summed E-state index contributed by atoms with van der Waals surface area (Å²) in [6.45, 7) is 2.31. The molecule has 2 heterocycles. The summed E-state index contributed by atoms with van der Waals surface area (Å²) in [6, 6.07) is 7.71. The van der Waals surface area contributed by atoms with E-state index in [0.717, 1.165) is 30.9 Å². The van der Waals surface area contributed by atoms with Crippen molar-refractivity contribution in [3.05, 3.63) is 47.8 Å². The van der Waals surface area contributed by atoms with Gasteiger partial charge >= 0.3 is 5.97 Å². The number of carboxylic acids is 1. The lowest BCUT2D eigenvalue weighted by Gasteiger charge is -2.30. The van der Waals surface area contributed by atoms with Gasteiger partial charge in [-0.3, -0.25) is 19.6 Å². The number of aliphatic carboxylic acids is 1. The molecule has 1 fully saturated rings. The van der Waals surface area contributed by atoms with Gasteiger partial charge in [0.1, 0.15) is 0 Å². The average Bonchev–Trinajstić information content (AvgIpc) is 3.10. The van der Waals surface area contributed by atoms with Gasteiger partial charge in [-0.15, -0.1) is 0 Å². The van der Waals surface area contributed by atoms with Crippen LogP contribution in [0.5, 0.6) is 0 Å². The minimum atomic E-state index is -0.696. The van der Waals surface area contributed by atoms with Crippen molar-refractivity contribution in [1.82, 2.24) is 15.1 Å². The topological polar surface area (TPSA) is 98.3 Å². The Morgan fingerprint density at radius 3 is 2.79 bits per heavy atom. The summed E-state index contributed by atoms with van der Waals surface area (Å²) >= 11 is 0. The van der Waals surface area contributed by atoms with Gasteiger partial charge in [-0.05, 0) is 43.6 Å². The van der Waals surface area contributed by atoms with Crippen LogP contribution in [-0.4, -0.2) is 45.2 Å².